The average molecular weight is 224 g/mol. The summed E-state index contributed by atoms with van der Waals surface area (Å²) in [5.41, 5.74) is 1.86. The standard InChI is InChI=1S/C13H12N4/c1-10(8-15)9-17-12-5-3-2-4-11(12)16-13(17)6-7-14/h2-5,10H,6,9H2,1H3. The Hall–Kier alpha value is -2.33. The molecule has 0 saturated carbocycles. The molecule has 0 spiro atoms. The molecular formula is C13H12N4. The van der Waals surface area contributed by atoms with Crippen molar-refractivity contribution in [1.82, 2.24) is 9.55 Å². The van der Waals surface area contributed by atoms with E-state index in [0.29, 0.717) is 6.54 Å². The monoisotopic (exact) mass is 224 g/mol. The van der Waals surface area contributed by atoms with E-state index in [9.17, 15) is 0 Å². The first-order chi connectivity index (χ1) is 8.26. The van der Waals surface area contributed by atoms with Crippen molar-refractivity contribution >= 4 is 11.0 Å². The molecule has 1 atom stereocenters. The number of nitrogens with zero attached hydrogens (tertiary/aromatic N) is 4. The smallest absolute Gasteiger partial charge is 0.124 e. The van der Waals surface area contributed by atoms with Crippen LogP contribution >= 0.6 is 0 Å². The van der Waals surface area contributed by atoms with Gasteiger partial charge >= 0.3 is 0 Å². The van der Waals surface area contributed by atoms with E-state index in [1.807, 2.05) is 35.8 Å². The van der Waals surface area contributed by atoms with Crippen molar-refractivity contribution in [3.63, 3.8) is 0 Å². The van der Waals surface area contributed by atoms with Gasteiger partial charge in [0, 0.05) is 6.54 Å². The van der Waals surface area contributed by atoms with Crippen LogP contribution in [0.5, 0.6) is 0 Å². The number of benzene rings is 1. The van der Waals surface area contributed by atoms with Crippen molar-refractivity contribution in [2.24, 2.45) is 5.92 Å². The summed E-state index contributed by atoms with van der Waals surface area (Å²) in [6, 6.07) is 12.1. The van der Waals surface area contributed by atoms with Crippen LogP contribution in [0.2, 0.25) is 0 Å². The lowest BCUT2D eigenvalue weighted by Gasteiger charge is -2.08. The predicted molar refractivity (Wildman–Crippen MR) is 63.8 cm³/mol. The minimum absolute atomic E-state index is 0.0925. The van der Waals surface area contributed by atoms with Gasteiger partial charge in [0.2, 0.25) is 0 Å². The number of imidazole rings is 1. The normalized spacial score (nSPS) is 11.9. The molecule has 0 saturated heterocycles. The topological polar surface area (TPSA) is 65.4 Å². The van der Waals surface area contributed by atoms with E-state index in [-0.39, 0.29) is 12.3 Å². The molecule has 0 N–H and O–H groups in total. The summed E-state index contributed by atoms with van der Waals surface area (Å²) in [4.78, 5) is 4.42. The van der Waals surface area contributed by atoms with Gasteiger partial charge in [0.25, 0.3) is 0 Å². The summed E-state index contributed by atoms with van der Waals surface area (Å²) in [7, 11) is 0. The number of nitriles is 2. The SMILES string of the molecule is CC(C#N)Cn1c(CC#N)nc2ccccc21. The predicted octanol–water partition coefficient (Wildman–Crippen LogP) is 2.26. The van der Waals surface area contributed by atoms with Crippen LogP contribution in [0.3, 0.4) is 0 Å². The van der Waals surface area contributed by atoms with Gasteiger partial charge in [0.1, 0.15) is 5.82 Å². The van der Waals surface area contributed by atoms with Crippen LogP contribution in [0.1, 0.15) is 12.7 Å². The Bertz CT molecular complexity index is 612. The molecule has 1 aromatic carbocycles. The Morgan fingerprint density at radius 2 is 2.12 bits per heavy atom. The van der Waals surface area contributed by atoms with Crippen LogP contribution in [-0.2, 0) is 13.0 Å². The lowest BCUT2D eigenvalue weighted by Crippen LogP contribution is -2.09. The number of rotatable bonds is 3. The first kappa shape index (κ1) is 11.2. The van der Waals surface area contributed by atoms with Crippen LogP contribution in [0.25, 0.3) is 11.0 Å². The molecule has 4 heteroatoms. The van der Waals surface area contributed by atoms with E-state index in [4.69, 9.17) is 10.5 Å². The molecule has 2 rings (SSSR count). The van der Waals surface area contributed by atoms with Gasteiger partial charge in [-0.15, -0.1) is 0 Å². The van der Waals surface area contributed by atoms with E-state index >= 15 is 0 Å². The van der Waals surface area contributed by atoms with Crippen LogP contribution in [0.4, 0.5) is 0 Å². The molecule has 17 heavy (non-hydrogen) atoms. The van der Waals surface area contributed by atoms with Crippen molar-refractivity contribution in [3.05, 3.63) is 30.1 Å². The second kappa shape index (κ2) is 4.67. The van der Waals surface area contributed by atoms with Crippen LogP contribution < -0.4 is 0 Å². The lowest BCUT2D eigenvalue weighted by molar-refractivity contribution is 0.576. The summed E-state index contributed by atoms with van der Waals surface area (Å²) in [6.07, 6.45) is 0.271. The lowest BCUT2D eigenvalue weighted by atomic mass is 10.2. The molecule has 0 bridgehead atoms. The molecule has 0 aliphatic heterocycles. The fraction of sp³-hybridized carbons (Fsp3) is 0.308. The highest BCUT2D eigenvalue weighted by atomic mass is 15.1. The molecule has 1 unspecified atom stereocenters. The van der Waals surface area contributed by atoms with Gasteiger partial charge in [-0.2, -0.15) is 10.5 Å². The third-order valence-electron chi connectivity index (χ3n) is 2.65. The van der Waals surface area contributed by atoms with Gasteiger partial charge in [0.05, 0.1) is 35.5 Å². The molecule has 0 aliphatic carbocycles. The Morgan fingerprint density at radius 3 is 2.82 bits per heavy atom. The highest BCUT2D eigenvalue weighted by Crippen LogP contribution is 2.17. The van der Waals surface area contributed by atoms with Crippen LogP contribution in [0, 0.1) is 28.6 Å². The molecule has 4 nitrogen and oxygen atoms in total. The maximum Gasteiger partial charge on any atom is 0.124 e. The number of fused-ring (bicyclic) bond motifs is 1. The van der Waals surface area contributed by atoms with E-state index in [1.54, 1.807) is 0 Å². The molecule has 1 heterocycles. The Kier molecular flexibility index (Phi) is 3.07. The Morgan fingerprint density at radius 1 is 1.35 bits per heavy atom. The second-order valence-corrected chi connectivity index (χ2v) is 3.99. The van der Waals surface area contributed by atoms with Gasteiger partial charge in [-0.05, 0) is 19.1 Å². The van der Waals surface area contributed by atoms with E-state index in [2.05, 4.69) is 17.1 Å². The van der Waals surface area contributed by atoms with Gasteiger partial charge in [0.15, 0.2) is 0 Å². The summed E-state index contributed by atoms with van der Waals surface area (Å²) in [6.45, 7) is 2.44. The zero-order valence-corrected chi connectivity index (χ0v) is 9.59. The Labute approximate surface area is 99.7 Å². The highest BCUT2D eigenvalue weighted by Gasteiger charge is 2.12. The zero-order valence-electron chi connectivity index (χ0n) is 9.59. The summed E-state index contributed by atoms with van der Waals surface area (Å²) in [5.74, 6) is 0.640. The zero-order chi connectivity index (χ0) is 12.3. The fourth-order valence-corrected chi connectivity index (χ4v) is 1.85. The minimum atomic E-state index is -0.0925. The van der Waals surface area contributed by atoms with Crippen LogP contribution in [0.15, 0.2) is 24.3 Å². The largest absolute Gasteiger partial charge is 0.326 e. The number of para-hydroxylation sites is 2. The van der Waals surface area contributed by atoms with E-state index in [0.717, 1.165) is 16.9 Å². The Balaban J connectivity index is 2.53. The van der Waals surface area contributed by atoms with Gasteiger partial charge < -0.3 is 4.57 Å². The number of hydrogen-bond acceptors (Lipinski definition) is 3. The molecule has 0 amide bonds. The van der Waals surface area contributed by atoms with Crippen molar-refractivity contribution in [2.45, 2.75) is 19.9 Å². The van der Waals surface area contributed by atoms with Crippen molar-refractivity contribution in [3.8, 4) is 12.1 Å². The number of hydrogen-bond donors (Lipinski definition) is 0. The summed E-state index contributed by atoms with van der Waals surface area (Å²) in [5, 5.41) is 17.7. The third kappa shape index (κ3) is 2.11. The molecule has 1 aromatic heterocycles. The van der Waals surface area contributed by atoms with Crippen molar-refractivity contribution in [1.29, 1.82) is 10.5 Å². The van der Waals surface area contributed by atoms with Crippen molar-refractivity contribution < 1.29 is 0 Å². The first-order valence-electron chi connectivity index (χ1n) is 5.47. The molecule has 84 valence electrons. The highest BCUT2D eigenvalue weighted by molar-refractivity contribution is 5.76. The molecule has 0 fully saturated rings. The van der Waals surface area contributed by atoms with Gasteiger partial charge in [-0.1, -0.05) is 12.1 Å². The minimum Gasteiger partial charge on any atom is -0.326 e. The maximum atomic E-state index is 8.88. The van der Waals surface area contributed by atoms with Crippen molar-refractivity contribution in [2.75, 3.05) is 0 Å². The quantitative estimate of drug-likeness (QED) is 0.803. The average Bonchev–Trinajstić information content (AvgIpc) is 2.68. The summed E-state index contributed by atoms with van der Waals surface area (Å²) >= 11 is 0. The molecule has 2 aromatic rings. The molecule has 0 radical (unpaired) electrons. The third-order valence-corrected chi connectivity index (χ3v) is 2.65. The fourth-order valence-electron chi connectivity index (χ4n) is 1.85. The molecule has 0 aliphatic rings. The van der Waals surface area contributed by atoms with Crippen LogP contribution in [-0.4, -0.2) is 9.55 Å². The molecular weight excluding hydrogens is 212 g/mol. The maximum absolute atomic E-state index is 8.88. The second-order valence-electron chi connectivity index (χ2n) is 3.99. The van der Waals surface area contributed by atoms with E-state index in [1.165, 1.54) is 0 Å². The van der Waals surface area contributed by atoms with E-state index < -0.39 is 0 Å². The summed E-state index contributed by atoms with van der Waals surface area (Å²) < 4.78 is 1.96. The van der Waals surface area contributed by atoms with Gasteiger partial charge in [-0.3, -0.25) is 0 Å². The first-order valence-corrected chi connectivity index (χ1v) is 5.47. The number of aromatic nitrogens is 2. The van der Waals surface area contributed by atoms with Gasteiger partial charge in [-0.25, -0.2) is 4.98 Å².